The quantitative estimate of drug-likeness (QED) is 0.745. The Labute approximate surface area is 91.8 Å². The summed E-state index contributed by atoms with van der Waals surface area (Å²) in [6.07, 6.45) is 2.03. The monoisotopic (exact) mass is 226 g/mol. The largest absolute Gasteiger partial charge is 0.396 e. The predicted molar refractivity (Wildman–Crippen MR) is 57.0 cm³/mol. The molecule has 1 aliphatic heterocycles. The van der Waals surface area contributed by atoms with Crippen molar-refractivity contribution in [1.82, 2.24) is 0 Å². The van der Waals surface area contributed by atoms with Crippen molar-refractivity contribution in [2.45, 2.75) is 19.3 Å². The highest BCUT2D eigenvalue weighted by molar-refractivity contribution is 5.94. The Bertz CT molecular complexity index is 434. The first-order valence-corrected chi connectivity index (χ1v) is 5.14. The summed E-state index contributed by atoms with van der Waals surface area (Å²) in [5.41, 5.74) is 5.29. The third-order valence-electron chi connectivity index (χ3n) is 2.68. The van der Waals surface area contributed by atoms with Crippen molar-refractivity contribution in [3.8, 4) is 0 Å². The van der Waals surface area contributed by atoms with E-state index in [9.17, 15) is 13.6 Å². The van der Waals surface area contributed by atoms with Crippen LogP contribution in [-0.4, -0.2) is 12.5 Å². The van der Waals surface area contributed by atoms with E-state index in [0.717, 1.165) is 12.8 Å². The van der Waals surface area contributed by atoms with Gasteiger partial charge in [-0.05, 0) is 18.9 Å². The minimum atomic E-state index is -0.800. The molecule has 1 aromatic rings. The Hall–Kier alpha value is -1.65. The number of nitrogens with zero attached hydrogens (tertiary/aromatic N) is 1. The highest BCUT2D eigenvalue weighted by Crippen LogP contribution is 2.27. The fourth-order valence-corrected chi connectivity index (χ4v) is 1.82. The number of carbonyl (C=O) groups is 1. The minimum Gasteiger partial charge on any atom is -0.396 e. The van der Waals surface area contributed by atoms with Gasteiger partial charge >= 0.3 is 0 Å². The first-order valence-electron chi connectivity index (χ1n) is 5.14. The van der Waals surface area contributed by atoms with Crippen molar-refractivity contribution in [1.29, 1.82) is 0 Å². The van der Waals surface area contributed by atoms with Gasteiger partial charge in [-0.1, -0.05) is 0 Å². The average Bonchev–Trinajstić information content (AvgIpc) is 2.25. The van der Waals surface area contributed by atoms with E-state index in [1.165, 1.54) is 11.0 Å². The lowest BCUT2D eigenvalue weighted by Gasteiger charge is -2.27. The number of benzene rings is 1. The van der Waals surface area contributed by atoms with Crippen LogP contribution in [0.1, 0.15) is 19.3 Å². The zero-order valence-electron chi connectivity index (χ0n) is 8.67. The predicted octanol–water partition coefficient (Wildman–Crippen LogP) is 2.06. The van der Waals surface area contributed by atoms with Gasteiger partial charge in [-0.25, -0.2) is 8.78 Å². The second kappa shape index (κ2) is 4.08. The lowest BCUT2D eigenvalue weighted by molar-refractivity contribution is -0.119. The topological polar surface area (TPSA) is 46.3 Å². The van der Waals surface area contributed by atoms with Crippen molar-refractivity contribution in [2.75, 3.05) is 17.2 Å². The third-order valence-corrected chi connectivity index (χ3v) is 2.68. The van der Waals surface area contributed by atoms with E-state index < -0.39 is 11.6 Å². The molecule has 86 valence electrons. The van der Waals surface area contributed by atoms with Crippen LogP contribution in [0.5, 0.6) is 0 Å². The van der Waals surface area contributed by atoms with Gasteiger partial charge in [0.2, 0.25) is 5.91 Å². The number of anilines is 2. The van der Waals surface area contributed by atoms with Gasteiger partial charge in [-0.3, -0.25) is 4.79 Å². The molecular weight excluding hydrogens is 214 g/mol. The molecule has 5 heteroatoms. The third kappa shape index (κ3) is 1.85. The zero-order valence-corrected chi connectivity index (χ0v) is 8.67. The van der Waals surface area contributed by atoms with Crippen LogP contribution in [0.2, 0.25) is 0 Å². The smallest absolute Gasteiger partial charge is 0.227 e. The summed E-state index contributed by atoms with van der Waals surface area (Å²) < 4.78 is 26.5. The molecule has 0 spiro atoms. The molecule has 0 atom stereocenters. The number of hydrogen-bond acceptors (Lipinski definition) is 2. The average molecular weight is 226 g/mol. The number of hydrogen-bond donors (Lipinski definition) is 1. The number of halogens is 2. The first kappa shape index (κ1) is 10.9. The molecule has 0 aliphatic carbocycles. The lowest BCUT2D eigenvalue weighted by Crippen LogP contribution is -2.35. The van der Waals surface area contributed by atoms with Crippen molar-refractivity contribution in [3.05, 3.63) is 23.8 Å². The summed E-state index contributed by atoms with van der Waals surface area (Å²) >= 11 is 0. The minimum absolute atomic E-state index is 0.0728. The molecule has 1 saturated heterocycles. The van der Waals surface area contributed by atoms with Crippen LogP contribution >= 0.6 is 0 Å². The van der Waals surface area contributed by atoms with Gasteiger partial charge in [0.05, 0.1) is 11.4 Å². The van der Waals surface area contributed by atoms with Gasteiger partial charge in [0.15, 0.2) is 0 Å². The summed E-state index contributed by atoms with van der Waals surface area (Å²) in [6, 6.07) is 1.89. The van der Waals surface area contributed by atoms with Crippen LogP contribution < -0.4 is 10.6 Å². The van der Waals surface area contributed by atoms with E-state index in [2.05, 4.69) is 0 Å². The van der Waals surface area contributed by atoms with Crippen molar-refractivity contribution in [3.63, 3.8) is 0 Å². The van der Waals surface area contributed by atoms with Crippen molar-refractivity contribution >= 4 is 17.3 Å². The Kier molecular flexibility index (Phi) is 2.77. The molecule has 0 unspecified atom stereocenters. The van der Waals surface area contributed by atoms with E-state index in [1.807, 2.05) is 0 Å². The van der Waals surface area contributed by atoms with Crippen molar-refractivity contribution in [2.24, 2.45) is 0 Å². The maximum Gasteiger partial charge on any atom is 0.227 e. The molecule has 16 heavy (non-hydrogen) atoms. The highest BCUT2D eigenvalue weighted by atomic mass is 19.1. The Morgan fingerprint density at radius 2 is 1.94 bits per heavy atom. The molecule has 2 rings (SSSR count). The Morgan fingerprint density at radius 3 is 2.62 bits per heavy atom. The van der Waals surface area contributed by atoms with Gasteiger partial charge < -0.3 is 10.6 Å². The molecule has 1 aliphatic rings. The van der Waals surface area contributed by atoms with E-state index >= 15 is 0 Å². The molecular formula is C11H12F2N2O. The molecule has 1 aromatic carbocycles. The maximum atomic E-state index is 13.5. The van der Waals surface area contributed by atoms with Crippen LogP contribution in [0.15, 0.2) is 12.1 Å². The molecule has 3 nitrogen and oxygen atoms in total. The standard InChI is InChI=1S/C11H12F2N2O/c12-7-5-8(13)10(6-9(7)14)15-4-2-1-3-11(15)16/h5-6H,1-4,14H2. The number of nitrogens with two attached hydrogens (primary N) is 1. The Morgan fingerprint density at radius 1 is 1.19 bits per heavy atom. The van der Waals surface area contributed by atoms with Crippen LogP contribution in [0.3, 0.4) is 0 Å². The van der Waals surface area contributed by atoms with Crippen molar-refractivity contribution < 1.29 is 13.6 Å². The summed E-state index contributed by atoms with van der Waals surface area (Å²) in [4.78, 5) is 12.9. The number of piperidine rings is 1. The van der Waals surface area contributed by atoms with Gasteiger partial charge in [0.1, 0.15) is 11.6 Å². The fourth-order valence-electron chi connectivity index (χ4n) is 1.82. The van der Waals surface area contributed by atoms with Crippen LogP contribution in [0.4, 0.5) is 20.2 Å². The molecule has 0 radical (unpaired) electrons. The van der Waals surface area contributed by atoms with E-state index in [4.69, 9.17) is 5.73 Å². The van der Waals surface area contributed by atoms with Crippen LogP contribution in [0, 0.1) is 11.6 Å². The molecule has 1 heterocycles. The molecule has 1 fully saturated rings. The van der Waals surface area contributed by atoms with Crippen LogP contribution in [-0.2, 0) is 4.79 Å². The highest BCUT2D eigenvalue weighted by Gasteiger charge is 2.23. The molecule has 0 bridgehead atoms. The van der Waals surface area contributed by atoms with E-state index in [0.29, 0.717) is 19.0 Å². The molecule has 0 aromatic heterocycles. The number of amides is 1. The lowest BCUT2D eigenvalue weighted by atomic mass is 10.1. The number of carbonyl (C=O) groups excluding carboxylic acids is 1. The summed E-state index contributed by atoms with van der Waals surface area (Å²) in [6.45, 7) is 0.459. The van der Waals surface area contributed by atoms with Gasteiger partial charge in [-0.15, -0.1) is 0 Å². The number of rotatable bonds is 1. The molecule has 0 saturated carbocycles. The van der Waals surface area contributed by atoms with Crippen LogP contribution in [0.25, 0.3) is 0 Å². The SMILES string of the molecule is Nc1cc(N2CCCCC2=O)c(F)cc1F. The summed E-state index contributed by atoms with van der Waals surface area (Å²) in [7, 11) is 0. The normalized spacial score (nSPS) is 16.6. The van der Waals surface area contributed by atoms with E-state index in [-0.39, 0.29) is 17.3 Å². The summed E-state index contributed by atoms with van der Waals surface area (Å²) in [5.74, 6) is -1.69. The van der Waals surface area contributed by atoms with Gasteiger partial charge in [-0.2, -0.15) is 0 Å². The Balaban J connectivity index is 2.39. The number of nitrogen functional groups attached to an aromatic ring is 1. The molecule has 1 amide bonds. The summed E-state index contributed by atoms with van der Waals surface area (Å²) in [5, 5.41) is 0. The first-order chi connectivity index (χ1) is 7.59. The fraction of sp³-hybridized carbons (Fsp3) is 0.364. The maximum absolute atomic E-state index is 13.5. The second-order valence-electron chi connectivity index (χ2n) is 3.83. The van der Waals surface area contributed by atoms with Gasteiger partial charge in [0.25, 0.3) is 0 Å². The second-order valence-corrected chi connectivity index (χ2v) is 3.83. The zero-order chi connectivity index (χ0) is 11.7. The molecule has 2 N–H and O–H groups in total. The van der Waals surface area contributed by atoms with Gasteiger partial charge in [0, 0.05) is 19.0 Å². The van der Waals surface area contributed by atoms with E-state index in [1.54, 1.807) is 0 Å².